The van der Waals surface area contributed by atoms with Gasteiger partial charge in [-0.05, 0) is 56.0 Å². The Morgan fingerprint density at radius 2 is 2.24 bits per heavy atom. The van der Waals surface area contributed by atoms with Crippen LogP contribution >= 0.6 is 34.2 Å². The first kappa shape index (κ1) is 17.2. The van der Waals surface area contributed by atoms with E-state index >= 15 is 0 Å². The van der Waals surface area contributed by atoms with Gasteiger partial charge in [0.2, 0.25) is 0 Å². The van der Waals surface area contributed by atoms with Crippen molar-refractivity contribution in [3.63, 3.8) is 0 Å². The van der Waals surface area contributed by atoms with E-state index in [0.717, 1.165) is 64.9 Å². The van der Waals surface area contributed by atoms with Crippen molar-refractivity contribution < 1.29 is 4.79 Å². The van der Waals surface area contributed by atoms with E-state index in [1.165, 1.54) is 0 Å². The minimum atomic E-state index is -0.241. The first-order valence-corrected chi connectivity index (χ1v) is 9.55. The molecule has 0 aliphatic carbocycles. The Morgan fingerprint density at radius 3 is 2.76 bits per heavy atom. The summed E-state index contributed by atoms with van der Waals surface area (Å²) in [5.74, 6) is 0.265. The lowest BCUT2D eigenvalue weighted by Crippen LogP contribution is -2.45. The van der Waals surface area contributed by atoms with Crippen LogP contribution in [0.3, 0.4) is 0 Å². The molecule has 0 aromatic heterocycles. The van der Waals surface area contributed by atoms with Crippen LogP contribution in [-0.4, -0.2) is 18.9 Å². The van der Waals surface area contributed by atoms with Crippen LogP contribution in [0.1, 0.15) is 54.1 Å². The normalized spacial score (nSPS) is 22.3. The van der Waals surface area contributed by atoms with Crippen molar-refractivity contribution in [1.29, 1.82) is 0 Å². The van der Waals surface area contributed by atoms with E-state index in [1.54, 1.807) is 0 Å². The van der Waals surface area contributed by atoms with E-state index in [0.29, 0.717) is 0 Å². The molecule has 1 N–H and O–H groups in total. The molecular formula is C17H23ClINO. The number of aryl methyl sites for hydroxylation is 1. The SMILES string of the molecule is CCCC1(C(=O)c2cc(C)c(CI)c(Cl)c2)CCCNC1. The average molecular weight is 420 g/mol. The molecule has 1 atom stereocenters. The second-order valence-electron chi connectivity index (χ2n) is 6.03. The molecule has 1 heterocycles. The molecule has 1 unspecified atom stereocenters. The van der Waals surface area contributed by atoms with Gasteiger partial charge in [-0.15, -0.1) is 0 Å². The van der Waals surface area contributed by atoms with E-state index in [2.05, 4.69) is 34.8 Å². The molecule has 1 aromatic rings. The number of alkyl halides is 1. The lowest BCUT2D eigenvalue weighted by Gasteiger charge is -2.36. The third-order valence-corrected chi connectivity index (χ3v) is 5.60. The van der Waals surface area contributed by atoms with E-state index in [9.17, 15) is 4.79 Å². The summed E-state index contributed by atoms with van der Waals surface area (Å²) in [4.78, 5) is 13.1. The molecule has 0 amide bonds. The van der Waals surface area contributed by atoms with Crippen LogP contribution in [0.5, 0.6) is 0 Å². The third kappa shape index (κ3) is 3.62. The minimum Gasteiger partial charge on any atom is -0.316 e. The summed E-state index contributed by atoms with van der Waals surface area (Å²) < 4.78 is 0.874. The molecule has 4 heteroatoms. The molecule has 1 aliphatic rings. The number of hydrogen-bond donors (Lipinski definition) is 1. The summed E-state index contributed by atoms with van der Waals surface area (Å²) in [5.41, 5.74) is 2.80. The lowest BCUT2D eigenvalue weighted by atomic mass is 9.71. The topological polar surface area (TPSA) is 29.1 Å². The Bertz CT molecular complexity index is 495. The molecular weight excluding hydrogens is 397 g/mol. The Balaban J connectivity index is 2.37. The molecule has 1 aliphatic heterocycles. The number of ketones is 1. The molecule has 2 rings (SSSR count). The zero-order chi connectivity index (χ0) is 15.5. The van der Waals surface area contributed by atoms with E-state index in [-0.39, 0.29) is 11.2 Å². The van der Waals surface area contributed by atoms with Crippen LogP contribution in [0.2, 0.25) is 5.02 Å². The smallest absolute Gasteiger partial charge is 0.170 e. The van der Waals surface area contributed by atoms with Crippen LogP contribution in [-0.2, 0) is 4.43 Å². The highest BCUT2D eigenvalue weighted by Crippen LogP contribution is 2.36. The zero-order valence-corrected chi connectivity index (χ0v) is 15.7. The molecule has 1 fully saturated rings. The second kappa shape index (κ2) is 7.42. The van der Waals surface area contributed by atoms with Gasteiger partial charge in [0.25, 0.3) is 0 Å². The molecule has 2 nitrogen and oxygen atoms in total. The lowest BCUT2D eigenvalue weighted by molar-refractivity contribution is 0.0718. The monoisotopic (exact) mass is 419 g/mol. The highest BCUT2D eigenvalue weighted by atomic mass is 127. The van der Waals surface area contributed by atoms with Crippen molar-refractivity contribution in [2.24, 2.45) is 5.41 Å². The van der Waals surface area contributed by atoms with Crippen LogP contribution in [0.15, 0.2) is 12.1 Å². The molecule has 21 heavy (non-hydrogen) atoms. The third-order valence-electron chi connectivity index (χ3n) is 4.50. The van der Waals surface area contributed by atoms with Gasteiger partial charge in [-0.25, -0.2) is 0 Å². The van der Waals surface area contributed by atoms with Crippen LogP contribution in [0.25, 0.3) is 0 Å². The Morgan fingerprint density at radius 1 is 1.48 bits per heavy atom. The molecule has 0 radical (unpaired) electrons. The number of benzene rings is 1. The van der Waals surface area contributed by atoms with Gasteiger partial charge < -0.3 is 5.32 Å². The molecule has 1 saturated heterocycles. The first-order valence-electron chi connectivity index (χ1n) is 7.64. The average Bonchev–Trinajstić information content (AvgIpc) is 2.47. The summed E-state index contributed by atoms with van der Waals surface area (Å²) in [5, 5.41) is 4.13. The standard InChI is InChI=1S/C17H23ClINO/c1-3-5-17(6-4-7-20-11-17)16(21)13-8-12(2)14(10-19)15(18)9-13/h8-9,20H,3-7,10-11H2,1-2H3. The van der Waals surface area contributed by atoms with Gasteiger partial charge in [0.05, 0.1) is 0 Å². The number of rotatable bonds is 5. The van der Waals surface area contributed by atoms with Crippen molar-refractivity contribution in [3.8, 4) is 0 Å². The molecule has 0 spiro atoms. The maximum absolute atomic E-state index is 13.1. The highest BCUT2D eigenvalue weighted by molar-refractivity contribution is 14.1. The summed E-state index contributed by atoms with van der Waals surface area (Å²) in [6, 6.07) is 3.89. The van der Waals surface area contributed by atoms with E-state index in [1.807, 2.05) is 19.1 Å². The van der Waals surface area contributed by atoms with Crippen molar-refractivity contribution in [3.05, 3.63) is 33.8 Å². The van der Waals surface area contributed by atoms with Gasteiger partial charge in [0.1, 0.15) is 0 Å². The Kier molecular flexibility index (Phi) is 6.09. The number of Topliss-reactive ketones (excluding diaryl/α,β-unsaturated/α-hetero) is 1. The van der Waals surface area contributed by atoms with Crippen LogP contribution in [0.4, 0.5) is 0 Å². The fraction of sp³-hybridized carbons (Fsp3) is 0.588. The predicted molar refractivity (Wildman–Crippen MR) is 97.7 cm³/mol. The number of hydrogen-bond acceptors (Lipinski definition) is 2. The minimum absolute atomic E-state index is 0.241. The maximum atomic E-state index is 13.1. The number of carbonyl (C=O) groups is 1. The van der Waals surface area contributed by atoms with Gasteiger partial charge in [-0.2, -0.15) is 0 Å². The number of piperidine rings is 1. The molecule has 0 bridgehead atoms. The van der Waals surface area contributed by atoms with Crippen molar-refractivity contribution in [2.45, 2.75) is 44.0 Å². The number of carbonyl (C=O) groups excluding carboxylic acids is 1. The molecule has 116 valence electrons. The zero-order valence-electron chi connectivity index (χ0n) is 12.8. The Labute approximate surface area is 146 Å². The largest absolute Gasteiger partial charge is 0.316 e. The highest BCUT2D eigenvalue weighted by Gasteiger charge is 2.39. The van der Waals surface area contributed by atoms with Crippen LogP contribution in [0, 0.1) is 12.3 Å². The summed E-state index contributed by atoms with van der Waals surface area (Å²) >= 11 is 8.68. The fourth-order valence-corrected chi connectivity index (χ4v) is 4.92. The van der Waals surface area contributed by atoms with Gasteiger partial charge in [0, 0.05) is 27.0 Å². The molecule has 1 aromatic carbocycles. The summed E-state index contributed by atoms with van der Waals surface area (Å²) in [6.45, 7) is 6.01. The summed E-state index contributed by atoms with van der Waals surface area (Å²) in [6.07, 6.45) is 4.04. The van der Waals surface area contributed by atoms with Crippen molar-refractivity contribution in [1.82, 2.24) is 5.32 Å². The first-order chi connectivity index (χ1) is 10.0. The number of halogens is 2. The Hall–Kier alpha value is -0.130. The quantitative estimate of drug-likeness (QED) is 0.416. The summed E-state index contributed by atoms with van der Waals surface area (Å²) in [7, 11) is 0. The van der Waals surface area contributed by atoms with Gasteiger partial charge in [-0.1, -0.05) is 47.5 Å². The van der Waals surface area contributed by atoms with Gasteiger partial charge in [0.15, 0.2) is 5.78 Å². The van der Waals surface area contributed by atoms with Crippen molar-refractivity contribution in [2.75, 3.05) is 13.1 Å². The molecule has 0 saturated carbocycles. The van der Waals surface area contributed by atoms with Crippen LogP contribution < -0.4 is 5.32 Å². The predicted octanol–water partition coefficient (Wildman–Crippen LogP) is 4.94. The number of nitrogens with one attached hydrogen (secondary N) is 1. The van der Waals surface area contributed by atoms with Crippen molar-refractivity contribution >= 4 is 40.0 Å². The van der Waals surface area contributed by atoms with Gasteiger partial charge >= 0.3 is 0 Å². The maximum Gasteiger partial charge on any atom is 0.170 e. The second-order valence-corrected chi connectivity index (χ2v) is 7.20. The van der Waals surface area contributed by atoms with E-state index < -0.39 is 0 Å². The van der Waals surface area contributed by atoms with Gasteiger partial charge in [-0.3, -0.25) is 4.79 Å². The van der Waals surface area contributed by atoms with E-state index in [4.69, 9.17) is 11.6 Å². The fourth-order valence-electron chi connectivity index (χ4n) is 3.35.